The molecule has 6 heteroatoms. The highest BCUT2D eigenvalue weighted by atomic mass is 32.1. The summed E-state index contributed by atoms with van der Waals surface area (Å²) in [6, 6.07) is 5.98. The molecule has 0 unspecified atom stereocenters. The Morgan fingerprint density at radius 1 is 1.32 bits per heavy atom. The highest BCUT2D eigenvalue weighted by molar-refractivity contribution is 7.22. The molecule has 25 heavy (non-hydrogen) atoms. The molecule has 1 amide bonds. The van der Waals surface area contributed by atoms with Gasteiger partial charge in [-0.05, 0) is 30.9 Å². The van der Waals surface area contributed by atoms with Gasteiger partial charge in [0.05, 0.1) is 17.7 Å². The molecule has 2 heterocycles. The van der Waals surface area contributed by atoms with Gasteiger partial charge in [0.15, 0.2) is 5.13 Å². The van der Waals surface area contributed by atoms with Crippen LogP contribution >= 0.6 is 11.3 Å². The number of fused-ring (bicyclic) bond motifs is 1. The molecule has 0 radical (unpaired) electrons. The molecule has 4 rings (SSSR count). The van der Waals surface area contributed by atoms with Gasteiger partial charge >= 0.3 is 0 Å². The van der Waals surface area contributed by atoms with Crippen LogP contribution in [0.15, 0.2) is 18.2 Å². The van der Waals surface area contributed by atoms with Crippen molar-refractivity contribution in [3.8, 4) is 5.75 Å². The van der Waals surface area contributed by atoms with Crippen LogP contribution in [0.2, 0.25) is 0 Å². The molecule has 2 aliphatic rings. The Bertz CT molecular complexity index is 748. The molecule has 1 aliphatic carbocycles. The summed E-state index contributed by atoms with van der Waals surface area (Å²) >= 11 is 1.66. The van der Waals surface area contributed by atoms with Crippen molar-refractivity contribution in [2.75, 3.05) is 31.6 Å². The monoisotopic (exact) mass is 359 g/mol. The van der Waals surface area contributed by atoms with E-state index >= 15 is 0 Å². The SMILES string of the molecule is COc1cccc2sc(N3CC(C(=O)NCC4CCCCC4)C3)nc12. The number of carbonyl (C=O) groups is 1. The number of nitrogens with one attached hydrogen (secondary N) is 1. The van der Waals surface area contributed by atoms with E-state index in [1.807, 2.05) is 12.1 Å². The van der Waals surface area contributed by atoms with Gasteiger partial charge in [0.2, 0.25) is 5.91 Å². The average molecular weight is 359 g/mol. The van der Waals surface area contributed by atoms with Crippen molar-refractivity contribution >= 4 is 32.6 Å². The van der Waals surface area contributed by atoms with Crippen molar-refractivity contribution in [3.05, 3.63) is 18.2 Å². The minimum atomic E-state index is 0.0949. The van der Waals surface area contributed by atoms with Crippen molar-refractivity contribution in [2.24, 2.45) is 11.8 Å². The molecule has 0 spiro atoms. The second kappa shape index (κ2) is 7.20. The summed E-state index contributed by atoms with van der Waals surface area (Å²) in [6.45, 7) is 2.38. The standard InChI is InChI=1S/C19H25N3O2S/c1-24-15-8-5-9-16-17(15)21-19(25-16)22-11-14(12-22)18(23)20-10-13-6-3-2-4-7-13/h5,8-9,13-14H,2-4,6-7,10-12H2,1H3,(H,20,23). The first kappa shape index (κ1) is 16.6. The van der Waals surface area contributed by atoms with Gasteiger partial charge in [0.1, 0.15) is 11.3 Å². The molecule has 1 N–H and O–H groups in total. The van der Waals surface area contributed by atoms with Crippen LogP contribution in [0.25, 0.3) is 10.2 Å². The molecule has 2 aromatic rings. The summed E-state index contributed by atoms with van der Waals surface area (Å²) in [6.07, 6.45) is 6.53. The molecule has 5 nitrogen and oxygen atoms in total. The number of methoxy groups -OCH3 is 1. The van der Waals surface area contributed by atoms with Gasteiger partial charge in [-0.2, -0.15) is 0 Å². The van der Waals surface area contributed by atoms with Crippen molar-refractivity contribution in [3.63, 3.8) is 0 Å². The summed E-state index contributed by atoms with van der Waals surface area (Å²) in [7, 11) is 1.67. The molecular weight excluding hydrogens is 334 g/mol. The van der Waals surface area contributed by atoms with Gasteiger partial charge < -0.3 is 15.0 Å². The topological polar surface area (TPSA) is 54.5 Å². The number of carbonyl (C=O) groups excluding carboxylic acids is 1. The predicted octanol–water partition coefficient (Wildman–Crippen LogP) is 3.44. The molecular formula is C19H25N3O2S. The third-order valence-corrected chi connectivity index (χ3v) is 6.48. The zero-order chi connectivity index (χ0) is 17.2. The summed E-state index contributed by atoms with van der Waals surface area (Å²) in [4.78, 5) is 19.2. The largest absolute Gasteiger partial charge is 0.494 e. The van der Waals surface area contributed by atoms with E-state index < -0.39 is 0 Å². The first-order chi connectivity index (χ1) is 12.2. The number of thiazole rings is 1. The Morgan fingerprint density at radius 3 is 2.88 bits per heavy atom. The number of hydrogen-bond donors (Lipinski definition) is 1. The molecule has 1 aromatic heterocycles. The molecule has 0 atom stereocenters. The number of ether oxygens (including phenoxy) is 1. The lowest BCUT2D eigenvalue weighted by molar-refractivity contribution is -0.125. The zero-order valence-electron chi connectivity index (χ0n) is 14.7. The number of benzene rings is 1. The van der Waals surface area contributed by atoms with E-state index in [9.17, 15) is 4.79 Å². The van der Waals surface area contributed by atoms with Crippen LogP contribution in [0.3, 0.4) is 0 Å². The number of aromatic nitrogens is 1. The first-order valence-corrected chi connectivity index (χ1v) is 10.0. The Kier molecular flexibility index (Phi) is 4.79. The molecule has 1 aliphatic heterocycles. The quantitative estimate of drug-likeness (QED) is 0.888. The summed E-state index contributed by atoms with van der Waals surface area (Å²) < 4.78 is 6.51. The first-order valence-electron chi connectivity index (χ1n) is 9.21. The molecule has 1 saturated carbocycles. The van der Waals surface area contributed by atoms with Gasteiger partial charge in [-0.15, -0.1) is 0 Å². The van der Waals surface area contributed by atoms with E-state index in [0.717, 1.165) is 40.7 Å². The number of anilines is 1. The van der Waals surface area contributed by atoms with Crippen LogP contribution in [0, 0.1) is 11.8 Å². The normalized spacial score (nSPS) is 19.0. The van der Waals surface area contributed by atoms with Gasteiger partial charge in [0.25, 0.3) is 0 Å². The Hall–Kier alpha value is -1.82. The maximum Gasteiger partial charge on any atom is 0.226 e. The van der Waals surface area contributed by atoms with Crippen molar-refractivity contribution in [1.29, 1.82) is 0 Å². The molecule has 134 valence electrons. The fourth-order valence-electron chi connectivity index (χ4n) is 3.79. The van der Waals surface area contributed by atoms with Crippen molar-refractivity contribution in [1.82, 2.24) is 10.3 Å². The van der Waals surface area contributed by atoms with E-state index in [1.165, 1.54) is 32.1 Å². The molecule has 2 fully saturated rings. The second-order valence-electron chi connectivity index (χ2n) is 7.15. The lowest BCUT2D eigenvalue weighted by Gasteiger charge is -2.38. The van der Waals surface area contributed by atoms with Gasteiger partial charge in [0, 0.05) is 19.6 Å². The van der Waals surface area contributed by atoms with Gasteiger partial charge in [-0.3, -0.25) is 4.79 Å². The van der Waals surface area contributed by atoms with Crippen LogP contribution < -0.4 is 15.0 Å². The lowest BCUT2D eigenvalue weighted by atomic mass is 9.89. The maximum atomic E-state index is 12.3. The third-order valence-electron chi connectivity index (χ3n) is 5.40. The van der Waals surface area contributed by atoms with Crippen LogP contribution in [0.4, 0.5) is 5.13 Å². The van der Waals surface area contributed by atoms with Crippen molar-refractivity contribution in [2.45, 2.75) is 32.1 Å². The summed E-state index contributed by atoms with van der Waals surface area (Å²) in [5.74, 6) is 1.80. The van der Waals surface area contributed by atoms with E-state index in [4.69, 9.17) is 9.72 Å². The number of para-hydroxylation sites is 1. The Balaban J connectivity index is 1.31. The minimum Gasteiger partial charge on any atom is -0.494 e. The molecule has 0 bridgehead atoms. The number of rotatable bonds is 5. The maximum absolute atomic E-state index is 12.3. The van der Waals surface area contributed by atoms with E-state index in [2.05, 4.69) is 16.3 Å². The summed E-state index contributed by atoms with van der Waals surface area (Å²) in [5, 5.41) is 4.15. The number of hydrogen-bond acceptors (Lipinski definition) is 5. The molecule has 1 aromatic carbocycles. The van der Waals surface area contributed by atoms with E-state index in [1.54, 1.807) is 18.4 Å². The van der Waals surface area contributed by atoms with Gasteiger partial charge in [-0.25, -0.2) is 4.98 Å². The van der Waals surface area contributed by atoms with E-state index in [0.29, 0.717) is 5.92 Å². The predicted molar refractivity (Wildman–Crippen MR) is 101 cm³/mol. The lowest BCUT2D eigenvalue weighted by Crippen LogP contribution is -2.54. The van der Waals surface area contributed by atoms with Crippen molar-refractivity contribution < 1.29 is 9.53 Å². The van der Waals surface area contributed by atoms with Crippen LogP contribution in [0.5, 0.6) is 5.75 Å². The fourth-order valence-corrected chi connectivity index (χ4v) is 4.79. The highest BCUT2D eigenvalue weighted by Gasteiger charge is 2.34. The Labute approximate surface area is 152 Å². The zero-order valence-corrected chi connectivity index (χ0v) is 15.5. The number of amides is 1. The second-order valence-corrected chi connectivity index (χ2v) is 8.16. The molecule has 1 saturated heterocycles. The Morgan fingerprint density at radius 2 is 2.12 bits per heavy atom. The van der Waals surface area contributed by atoms with E-state index in [-0.39, 0.29) is 11.8 Å². The highest BCUT2D eigenvalue weighted by Crippen LogP contribution is 2.36. The van der Waals surface area contributed by atoms with Crippen LogP contribution in [0.1, 0.15) is 32.1 Å². The van der Waals surface area contributed by atoms with Crippen LogP contribution in [-0.4, -0.2) is 37.6 Å². The third kappa shape index (κ3) is 3.45. The fraction of sp³-hybridized carbons (Fsp3) is 0.579. The summed E-state index contributed by atoms with van der Waals surface area (Å²) in [5.41, 5.74) is 0.912. The minimum absolute atomic E-state index is 0.0949. The average Bonchev–Trinajstić information content (AvgIpc) is 3.03. The van der Waals surface area contributed by atoms with Gasteiger partial charge in [-0.1, -0.05) is 36.7 Å². The number of nitrogens with zero attached hydrogens (tertiary/aromatic N) is 2. The van der Waals surface area contributed by atoms with Crippen LogP contribution in [-0.2, 0) is 4.79 Å². The smallest absolute Gasteiger partial charge is 0.226 e.